The predicted octanol–water partition coefficient (Wildman–Crippen LogP) is 3.57. The van der Waals surface area contributed by atoms with Crippen LogP contribution in [0.3, 0.4) is 0 Å². The van der Waals surface area contributed by atoms with E-state index in [2.05, 4.69) is 26.2 Å². The number of halogens is 2. The van der Waals surface area contributed by atoms with E-state index < -0.39 is 0 Å². The highest BCUT2D eigenvalue weighted by molar-refractivity contribution is 9.10. The van der Waals surface area contributed by atoms with Crippen molar-refractivity contribution in [1.82, 2.24) is 9.55 Å². The summed E-state index contributed by atoms with van der Waals surface area (Å²) in [5, 5.41) is 3.27. The van der Waals surface area contributed by atoms with Crippen molar-refractivity contribution in [2.24, 2.45) is 0 Å². The quantitative estimate of drug-likeness (QED) is 0.876. The molecule has 2 aromatic rings. The van der Waals surface area contributed by atoms with Crippen LogP contribution >= 0.6 is 27.5 Å². The van der Waals surface area contributed by atoms with Gasteiger partial charge in [-0.1, -0.05) is 17.7 Å². The number of aryl methyl sites for hydroxylation is 1. The van der Waals surface area contributed by atoms with E-state index in [4.69, 9.17) is 11.6 Å². The second-order valence-electron chi connectivity index (χ2n) is 3.63. The van der Waals surface area contributed by atoms with Crippen LogP contribution in [0.4, 0.5) is 5.82 Å². The zero-order chi connectivity index (χ0) is 13.1. The normalized spacial score (nSPS) is 10.4. The Hall–Kier alpha value is -1.33. The zero-order valence-electron chi connectivity index (χ0n) is 9.65. The van der Waals surface area contributed by atoms with E-state index >= 15 is 0 Å². The molecule has 0 aromatic carbocycles. The van der Waals surface area contributed by atoms with Crippen molar-refractivity contribution in [2.45, 2.75) is 13.5 Å². The van der Waals surface area contributed by atoms with Crippen LogP contribution in [0, 0.1) is 0 Å². The molecule has 0 unspecified atom stereocenters. The summed E-state index contributed by atoms with van der Waals surface area (Å²) in [6.07, 6.45) is 1.73. The number of carbonyl (C=O) groups excluding carboxylic acids is 1. The summed E-state index contributed by atoms with van der Waals surface area (Å²) < 4.78 is 2.46. The molecular formula is C12H11BrClN3O. The maximum absolute atomic E-state index is 12.1. The van der Waals surface area contributed by atoms with Gasteiger partial charge in [0.05, 0.1) is 5.02 Å². The third-order valence-corrected chi connectivity index (χ3v) is 3.04. The van der Waals surface area contributed by atoms with Gasteiger partial charge < -0.3 is 9.88 Å². The molecule has 2 aromatic heterocycles. The van der Waals surface area contributed by atoms with Gasteiger partial charge in [-0.2, -0.15) is 0 Å². The number of aromatic nitrogens is 2. The van der Waals surface area contributed by atoms with Crippen LogP contribution in [0.5, 0.6) is 0 Å². The molecule has 0 aliphatic heterocycles. The fraction of sp³-hybridized carbons (Fsp3) is 0.167. The van der Waals surface area contributed by atoms with Gasteiger partial charge >= 0.3 is 0 Å². The van der Waals surface area contributed by atoms with E-state index in [0.29, 0.717) is 27.7 Å². The first-order valence-corrected chi connectivity index (χ1v) is 6.57. The Morgan fingerprint density at radius 3 is 3.00 bits per heavy atom. The summed E-state index contributed by atoms with van der Waals surface area (Å²) in [6, 6.07) is 6.96. The lowest BCUT2D eigenvalue weighted by Crippen LogP contribution is -2.17. The summed E-state index contributed by atoms with van der Waals surface area (Å²) in [7, 11) is 0. The van der Waals surface area contributed by atoms with Gasteiger partial charge in [-0.3, -0.25) is 4.79 Å². The van der Waals surface area contributed by atoms with Crippen LogP contribution in [-0.4, -0.2) is 15.5 Å². The molecule has 0 radical (unpaired) electrons. The fourth-order valence-electron chi connectivity index (χ4n) is 1.59. The molecule has 1 amide bonds. The second kappa shape index (κ2) is 5.54. The fourth-order valence-corrected chi connectivity index (χ4v) is 2.15. The molecular weight excluding hydrogens is 318 g/mol. The van der Waals surface area contributed by atoms with E-state index in [1.807, 2.05) is 6.92 Å². The van der Waals surface area contributed by atoms with E-state index in [0.717, 1.165) is 0 Å². The number of amides is 1. The lowest BCUT2D eigenvalue weighted by molar-refractivity contribution is 0.101. The van der Waals surface area contributed by atoms with E-state index in [9.17, 15) is 4.79 Å². The van der Waals surface area contributed by atoms with Crippen molar-refractivity contribution in [1.29, 1.82) is 0 Å². The Balaban J connectivity index is 2.21. The van der Waals surface area contributed by atoms with Gasteiger partial charge in [0.2, 0.25) is 0 Å². The first kappa shape index (κ1) is 13.1. The van der Waals surface area contributed by atoms with Crippen LogP contribution < -0.4 is 5.32 Å². The van der Waals surface area contributed by atoms with Gasteiger partial charge in [0, 0.05) is 12.7 Å². The molecule has 2 heterocycles. The van der Waals surface area contributed by atoms with E-state index in [1.54, 1.807) is 35.0 Å². The molecule has 94 valence electrons. The number of hydrogen-bond acceptors (Lipinski definition) is 2. The van der Waals surface area contributed by atoms with Crippen LogP contribution in [0.25, 0.3) is 0 Å². The highest BCUT2D eigenvalue weighted by atomic mass is 79.9. The summed E-state index contributed by atoms with van der Waals surface area (Å²) in [5.41, 5.74) is 0.518. The smallest absolute Gasteiger partial charge is 0.273 e. The van der Waals surface area contributed by atoms with Gasteiger partial charge in [-0.15, -0.1) is 0 Å². The average molecular weight is 329 g/mol. The molecule has 18 heavy (non-hydrogen) atoms. The Morgan fingerprint density at radius 2 is 2.33 bits per heavy atom. The molecule has 0 bridgehead atoms. The minimum atomic E-state index is -0.227. The molecule has 1 N–H and O–H groups in total. The van der Waals surface area contributed by atoms with Gasteiger partial charge in [0.25, 0.3) is 5.91 Å². The van der Waals surface area contributed by atoms with Crippen molar-refractivity contribution in [3.8, 4) is 0 Å². The second-order valence-corrected chi connectivity index (χ2v) is 4.88. The van der Waals surface area contributed by atoms with E-state index in [1.165, 1.54) is 0 Å². The van der Waals surface area contributed by atoms with Crippen molar-refractivity contribution < 1.29 is 4.79 Å². The molecule has 0 saturated heterocycles. The summed E-state index contributed by atoms with van der Waals surface area (Å²) >= 11 is 9.14. The minimum Gasteiger partial charge on any atom is -0.342 e. The van der Waals surface area contributed by atoms with Crippen LogP contribution in [0.1, 0.15) is 17.4 Å². The van der Waals surface area contributed by atoms with E-state index in [-0.39, 0.29) is 5.91 Å². The molecule has 0 aliphatic carbocycles. The van der Waals surface area contributed by atoms with Gasteiger partial charge in [0.1, 0.15) is 16.1 Å². The van der Waals surface area contributed by atoms with Gasteiger partial charge in [-0.05, 0) is 41.1 Å². The SMILES string of the molecule is CCn1cc(Cl)cc1C(=O)Nc1cccc(Br)n1. The standard InChI is InChI=1S/C12H11BrClN3O/c1-2-17-7-8(14)6-9(17)12(18)16-11-5-3-4-10(13)15-11/h3-7H,2H2,1H3,(H,15,16,18). The Bertz CT molecular complexity index is 582. The number of nitrogens with zero attached hydrogens (tertiary/aromatic N) is 2. The first-order valence-electron chi connectivity index (χ1n) is 5.39. The summed E-state index contributed by atoms with van der Waals surface area (Å²) in [4.78, 5) is 16.2. The third kappa shape index (κ3) is 2.91. The first-order chi connectivity index (χ1) is 8.60. The Labute approximate surface area is 118 Å². The third-order valence-electron chi connectivity index (χ3n) is 2.39. The van der Waals surface area contributed by atoms with Gasteiger partial charge in [0.15, 0.2) is 0 Å². The predicted molar refractivity (Wildman–Crippen MR) is 75.0 cm³/mol. The number of nitrogens with one attached hydrogen (secondary N) is 1. The maximum Gasteiger partial charge on any atom is 0.273 e. The highest BCUT2D eigenvalue weighted by Gasteiger charge is 2.13. The molecule has 2 rings (SSSR count). The van der Waals surface area contributed by atoms with Crippen molar-refractivity contribution in [3.63, 3.8) is 0 Å². The lowest BCUT2D eigenvalue weighted by Gasteiger charge is -2.07. The monoisotopic (exact) mass is 327 g/mol. The summed E-state index contributed by atoms with van der Waals surface area (Å²) in [6.45, 7) is 2.63. The van der Waals surface area contributed by atoms with Gasteiger partial charge in [-0.25, -0.2) is 4.98 Å². The molecule has 0 saturated carbocycles. The number of rotatable bonds is 3. The lowest BCUT2D eigenvalue weighted by atomic mass is 10.4. The molecule has 6 heteroatoms. The zero-order valence-corrected chi connectivity index (χ0v) is 12.0. The van der Waals surface area contributed by atoms with Crippen LogP contribution in [0.15, 0.2) is 35.1 Å². The van der Waals surface area contributed by atoms with Crippen LogP contribution in [-0.2, 0) is 6.54 Å². The largest absolute Gasteiger partial charge is 0.342 e. The van der Waals surface area contributed by atoms with Crippen molar-refractivity contribution in [2.75, 3.05) is 5.32 Å². The minimum absolute atomic E-state index is 0.227. The summed E-state index contributed by atoms with van der Waals surface area (Å²) in [5.74, 6) is 0.267. The van der Waals surface area contributed by atoms with Crippen LogP contribution in [0.2, 0.25) is 5.02 Å². The maximum atomic E-state index is 12.1. The average Bonchev–Trinajstić information content (AvgIpc) is 2.70. The molecule has 0 atom stereocenters. The van der Waals surface area contributed by atoms with Crippen molar-refractivity contribution in [3.05, 3.63) is 45.8 Å². The molecule has 0 spiro atoms. The highest BCUT2D eigenvalue weighted by Crippen LogP contribution is 2.16. The number of hydrogen-bond donors (Lipinski definition) is 1. The number of anilines is 1. The Morgan fingerprint density at radius 1 is 1.56 bits per heavy atom. The molecule has 0 fully saturated rings. The van der Waals surface area contributed by atoms with Crippen molar-refractivity contribution >= 4 is 39.3 Å². The number of carbonyl (C=O) groups is 1. The molecule has 0 aliphatic rings. The molecule has 4 nitrogen and oxygen atoms in total. The topological polar surface area (TPSA) is 46.9 Å². The number of pyridine rings is 1. The Kier molecular flexibility index (Phi) is 4.04.